The fourth-order valence-electron chi connectivity index (χ4n) is 1.91. The maximum atomic E-state index is 13.4. The average Bonchev–Trinajstić information content (AvgIpc) is 2.30. The lowest BCUT2D eigenvalue weighted by atomic mass is 10.1. The van der Waals surface area contributed by atoms with Crippen molar-refractivity contribution in [3.8, 4) is 0 Å². The van der Waals surface area contributed by atoms with Crippen LogP contribution < -0.4 is 4.90 Å². The van der Waals surface area contributed by atoms with Crippen LogP contribution in [0, 0.1) is 5.82 Å². The third kappa shape index (κ3) is 1.98. The highest BCUT2D eigenvalue weighted by Gasteiger charge is 2.15. The van der Waals surface area contributed by atoms with E-state index in [0.29, 0.717) is 12.0 Å². The van der Waals surface area contributed by atoms with Gasteiger partial charge in [0.15, 0.2) is 6.29 Å². The van der Waals surface area contributed by atoms with Gasteiger partial charge in [-0.05, 0) is 25.5 Å². The van der Waals surface area contributed by atoms with Crippen LogP contribution in [0.15, 0.2) is 29.8 Å². The Bertz CT molecular complexity index is 440. The first-order valence-corrected chi connectivity index (χ1v) is 5.36. The van der Waals surface area contributed by atoms with Crippen molar-refractivity contribution in [1.82, 2.24) is 0 Å². The van der Waals surface area contributed by atoms with E-state index in [0.717, 1.165) is 19.5 Å². The Hall–Kier alpha value is -1.64. The van der Waals surface area contributed by atoms with Crippen molar-refractivity contribution in [3.05, 3.63) is 41.2 Å². The van der Waals surface area contributed by atoms with Gasteiger partial charge in [-0.2, -0.15) is 0 Å². The number of halogens is 1. The quantitative estimate of drug-likeness (QED) is 0.563. The minimum atomic E-state index is -0.446. The molecular formula is C13H14FNO. The van der Waals surface area contributed by atoms with Gasteiger partial charge in [-0.15, -0.1) is 0 Å². The molecule has 1 aromatic carbocycles. The molecule has 1 aliphatic rings. The summed E-state index contributed by atoms with van der Waals surface area (Å²) in [6.07, 6.45) is 3.67. The minimum absolute atomic E-state index is 0.162. The fraction of sp³-hybridized carbons (Fsp3) is 0.308. The van der Waals surface area contributed by atoms with Crippen molar-refractivity contribution in [2.75, 3.05) is 18.0 Å². The van der Waals surface area contributed by atoms with Gasteiger partial charge in [0.05, 0.1) is 11.3 Å². The molecule has 0 radical (unpaired) electrons. The number of rotatable bonds is 2. The van der Waals surface area contributed by atoms with E-state index in [1.807, 2.05) is 4.90 Å². The first-order chi connectivity index (χ1) is 7.72. The molecule has 0 unspecified atom stereocenters. The second-order valence-electron chi connectivity index (χ2n) is 4.04. The van der Waals surface area contributed by atoms with Gasteiger partial charge >= 0.3 is 0 Å². The smallest absolute Gasteiger partial charge is 0.155 e. The highest BCUT2D eigenvalue weighted by Crippen LogP contribution is 2.24. The van der Waals surface area contributed by atoms with Crippen molar-refractivity contribution in [3.63, 3.8) is 0 Å². The van der Waals surface area contributed by atoms with Gasteiger partial charge in [0, 0.05) is 13.1 Å². The molecule has 0 spiro atoms. The summed E-state index contributed by atoms with van der Waals surface area (Å²) in [4.78, 5) is 12.9. The molecule has 0 aliphatic carbocycles. The highest BCUT2D eigenvalue weighted by atomic mass is 19.1. The maximum Gasteiger partial charge on any atom is 0.155 e. The minimum Gasteiger partial charge on any atom is -0.367 e. The van der Waals surface area contributed by atoms with Crippen molar-refractivity contribution >= 4 is 12.0 Å². The van der Waals surface area contributed by atoms with Crippen LogP contribution in [-0.4, -0.2) is 19.4 Å². The van der Waals surface area contributed by atoms with Crippen LogP contribution in [-0.2, 0) is 0 Å². The molecule has 84 valence electrons. The third-order valence-electron chi connectivity index (χ3n) is 2.92. The number of aldehydes is 1. The van der Waals surface area contributed by atoms with E-state index in [9.17, 15) is 9.18 Å². The summed E-state index contributed by atoms with van der Waals surface area (Å²) < 4.78 is 13.4. The summed E-state index contributed by atoms with van der Waals surface area (Å²) in [5.41, 5.74) is 2.20. The van der Waals surface area contributed by atoms with E-state index in [-0.39, 0.29) is 5.56 Å². The molecule has 0 N–H and O–H groups in total. The molecule has 16 heavy (non-hydrogen) atoms. The third-order valence-corrected chi connectivity index (χ3v) is 2.92. The summed E-state index contributed by atoms with van der Waals surface area (Å²) in [5, 5.41) is 0. The highest BCUT2D eigenvalue weighted by molar-refractivity contribution is 5.85. The Morgan fingerprint density at radius 1 is 1.44 bits per heavy atom. The largest absolute Gasteiger partial charge is 0.367 e. The Labute approximate surface area is 94.4 Å². The van der Waals surface area contributed by atoms with Gasteiger partial charge < -0.3 is 4.90 Å². The predicted molar refractivity (Wildman–Crippen MR) is 62.4 cm³/mol. The average molecular weight is 219 g/mol. The van der Waals surface area contributed by atoms with E-state index < -0.39 is 5.82 Å². The SMILES string of the molecule is CC1=CCN(c2cccc(F)c2C=O)CC1. The Morgan fingerprint density at radius 2 is 2.25 bits per heavy atom. The molecule has 0 fully saturated rings. The van der Waals surface area contributed by atoms with Crippen LogP contribution in [0.25, 0.3) is 0 Å². The van der Waals surface area contributed by atoms with Gasteiger partial charge in [0.25, 0.3) is 0 Å². The monoisotopic (exact) mass is 219 g/mol. The molecular weight excluding hydrogens is 205 g/mol. The van der Waals surface area contributed by atoms with E-state index >= 15 is 0 Å². The Balaban J connectivity index is 2.34. The van der Waals surface area contributed by atoms with Crippen LogP contribution >= 0.6 is 0 Å². The summed E-state index contributed by atoms with van der Waals surface area (Å²) in [7, 11) is 0. The topological polar surface area (TPSA) is 20.3 Å². The summed E-state index contributed by atoms with van der Waals surface area (Å²) >= 11 is 0. The number of hydrogen-bond donors (Lipinski definition) is 0. The van der Waals surface area contributed by atoms with Crippen molar-refractivity contribution < 1.29 is 9.18 Å². The van der Waals surface area contributed by atoms with Crippen LogP contribution in [0.5, 0.6) is 0 Å². The zero-order chi connectivity index (χ0) is 11.5. The van der Waals surface area contributed by atoms with Crippen molar-refractivity contribution in [2.24, 2.45) is 0 Å². The molecule has 0 aromatic heterocycles. The Morgan fingerprint density at radius 3 is 2.88 bits per heavy atom. The standard InChI is InChI=1S/C13H14FNO/c1-10-5-7-15(8-6-10)13-4-2-3-12(14)11(13)9-16/h2-5,9H,6-8H2,1H3. The van der Waals surface area contributed by atoms with Crippen molar-refractivity contribution in [2.45, 2.75) is 13.3 Å². The zero-order valence-corrected chi connectivity index (χ0v) is 9.24. The van der Waals surface area contributed by atoms with Gasteiger partial charge in [-0.3, -0.25) is 4.79 Å². The maximum absolute atomic E-state index is 13.4. The molecule has 0 saturated carbocycles. The molecule has 0 saturated heterocycles. The predicted octanol–water partition coefficient (Wildman–Crippen LogP) is 2.79. The van der Waals surface area contributed by atoms with Crippen LogP contribution in [0.2, 0.25) is 0 Å². The number of carbonyl (C=O) groups is 1. The molecule has 2 nitrogen and oxygen atoms in total. The molecule has 0 bridgehead atoms. The number of benzene rings is 1. The molecule has 0 atom stereocenters. The van der Waals surface area contributed by atoms with E-state index in [1.54, 1.807) is 12.1 Å². The first-order valence-electron chi connectivity index (χ1n) is 5.36. The summed E-state index contributed by atoms with van der Waals surface area (Å²) in [5.74, 6) is -0.446. The number of hydrogen-bond acceptors (Lipinski definition) is 2. The van der Waals surface area contributed by atoms with Crippen LogP contribution in [0.1, 0.15) is 23.7 Å². The lowest BCUT2D eigenvalue weighted by molar-refractivity contribution is 0.112. The molecule has 1 aromatic rings. The molecule has 0 amide bonds. The normalized spacial score (nSPS) is 15.9. The fourth-order valence-corrected chi connectivity index (χ4v) is 1.91. The van der Waals surface area contributed by atoms with E-state index in [1.165, 1.54) is 11.6 Å². The van der Waals surface area contributed by atoms with Crippen LogP contribution in [0.4, 0.5) is 10.1 Å². The lowest BCUT2D eigenvalue weighted by Gasteiger charge is -2.28. The van der Waals surface area contributed by atoms with E-state index in [2.05, 4.69) is 13.0 Å². The second-order valence-corrected chi connectivity index (χ2v) is 4.04. The number of anilines is 1. The molecule has 1 heterocycles. The zero-order valence-electron chi connectivity index (χ0n) is 9.24. The van der Waals surface area contributed by atoms with Gasteiger partial charge in [-0.25, -0.2) is 4.39 Å². The van der Waals surface area contributed by atoms with Crippen molar-refractivity contribution in [1.29, 1.82) is 0 Å². The van der Waals surface area contributed by atoms with Gasteiger partial charge in [0.2, 0.25) is 0 Å². The molecule has 3 heteroatoms. The second kappa shape index (κ2) is 4.47. The Kier molecular flexibility index (Phi) is 3.04. The summed E-state index contributed by atoms with van der Waals surface area (Å²) in [6.45, 7) is 3.67. The number of nitrogens with zero attached hydrogens (tertiary/aromatic N) is 1. The van der Waals surface area contributed by atoms with Crippen LogP contribution in [0.3, 0.4) is 0 Å². The van der Waals surface area contributed by atoms with Gasteiger partial charge in [0.1, 0.15) is 5.82 Å². The first kappa shape index (κ1) is 10.9. The molecule has 1 aliphatic heterocycles. The molecule has 2 rings (SSSR count). The van der Waals surface area contributed by atoms with Gasteiger partial charge in [-0.1, -0.05) is 17.7 Å². The van der Waals surface area contributed by atoms with E-state index in [4.69, 9.17) is 0 Å². The number of carbonyl (C=O) groups excluding carboxylic acids is 1. The lowest BCUT2D eigenvalue weighted by Crippen LogP contribution is -2.29. The summed E-state index contributed by atoms with van der Waals surface area (Å²) in [6, 6.07) is 4.75.